The molecule has 1 atom stereocenters. The molecule has 0 fully saturated rings. The fourth-order valence-corrected chi connectivity index (χ4v) is 1.54. The van der Waals surface area contributed by atoms with Crippen molar-refractivity contribution in [3.05, 3.63) is 28.3 Å². The van der Waals surface area contributed by atoms with Crippen molar-refractivity contribution in [3.8, 4) is 5.75 Å². The van der Waals surface area contributed by atoms with Gasteiger partial charge in [-0.15, -0.1) is 0 Å². The minimum atomic E-state index is -0.0602. The zero-order valence-electron chi connectivity index (χ0n) is 9.51. The van der Waals surface area contributed by atoms with Gasteiger partial charge < -0.3 is 10.5 Å². The lowest BCUT2D eigenvalue weighted by atomic mass is 10.1. The highest BCUT2D eigenvalue weighted by Crippen LogP contribution is 2.30. The number of benzene rings is 1. The van der Waals surface area contributed by atoms with E-state index in [1.165, 1.54) is 0 Å². The van der Waals surface area contributed by atoms with Gasteiger partial charge in [0.1, 0.15) is 5.75 Å². The molecule has 0 heterocycles. The third-order valence-corrected chi connectivity index (χ3v) is 2.65. The minimum Gasteiger partial charge on any atom is -0.493 e. The van der Waals surface area contributed by atoms with Crippen LogP contribution in [0.5, 0.6) is 5.75 Å². The lowest BCUT2D eigenvalue weighted by Gasteiger charge is -2.15. The van der Waals surface area contributed by atoms with Crippen LogP contribution in [-0.4, -0.2) is 6.61 Å². The molecule has 15 heavy (non-hydrogen) atoms. The Bertz CT molecular complexity index is 337. The zero-order valence-corrected chi connectivity index (χ0v) is 10.3. The van der Waals surface area contributed by atoms with Crippen LogP contribution in [0.3, 0.4) is 0 Å². The Balaban J connectivity index is 3.04. The molecular weight excluding hydrogens is 210 g/mol. The summed E-state index contributed by atoms with van der Waals surface area (Å²) in [6.45, 7) is 6.68. The first-order valence-corrected chi connectivity index (χ1v) is 5.62. The Morgan fingerprint density at radius 3 is 2.67 bits per heavy atom. The van der Waals surface area contributed by atoms with Gasteiger partial charge in [-0.1, -0.05) is 18.5 Å². The molecule has 1 aromatic carbocycles. The van der Waals surface area contributed by atoms with Gasteiger partial charge in [0.2, 0.25) is 0 Å². The van der Waals surface area contributed by atoms with Crippen LogP contribution in [0.1, 0.15) is 37.4 Å². The van der Waals surface area contributed by atoms with Gasteiger partial charge in [0, 0.05) is 16.6 Å². The van der Waals surface area contributed by atoms with E-state index in [0.717, 1.165) is 28.3 Å². The van der Waals surface area contributed by atoms with Crippen LogP contribution in [0.2, 0.25) is 5.02 Å². The van der Waals surface area contributed by atoms with E-state index in [9.17, 15) is 0 Å². The lowest BCUT2D eigenvalue weighted by molar-refractivity contribution is 0.312. The van der Waals surface area contributed by atoms with Crippen molar-refractivity contribution in [1.29, 1.82) is 0 Å². The van der Waals surface area contributed by atoms with Gasteiger partial charge in [-0.25, -0.2) is 0 Å². The maximum atomic E-state index is 6.05. The number of nitrogens with two attached hydrogens (primary N) is 1. The van der Waals surface area contributed by atoms with E-state index in [2.05, 4.69) is 6.92 Å². The topological polar surface area (TPSA) is 35.2 Å². The predicted molar refractivity (Wildman–Crippen MR) is 64.6 cm³/mol. The van der Waals surface area contributed by atoms with E-state index in [0.29, 0.717) is 6.61 Å². The SMILES string of the molecule is CCCOc1cc(C)c(Cl)cc1C(C)N. The summed E-state index contributed by atoms with van der Waals surface area (Å²) in [5, 5.41) is 0.742. The second-order valence-electron chi connectivity index (χ2n) is 3.78. The third kappa shape index (κ3) is 3.11. The van der Waals surface area contributed by atoms with Crippen LogP contribution in [0, 0.1) is 6.92 Å². The van der Waals surface area contributed by atoms with E-state index in [1.54, 1.807) is 0 Å². The normalized spacial score (nSPS) is 12.6. The van der Waals surface area contributed by atoms with Gasteiger partial charge in [-0.2, -0.15) is 0 Å². The van der Waals surface area contributed by atoms with Crippen molar-refractivity contribution in [2.24, 2.45) is 5.73 Å². The van der Waals surface area contributed by atoms with Crippen molar-refractivity contribution in [2.75, 3.05) is 6.61 Å². The highest BCUT2D eigenvalue weighted by atomic mass is 35.5. The number of aryl methyl sites for hydroxylation is 1. The highest BCUT2D eigenvalue weighted by Gasteiger charge is 2.10. The molecule has 2 N–H and O–H groups in total. The largest absolute Gasteiger partial charge is 0.493 e. The number of halogens is 1. The summed E-state index contributed by atoms with van der Waals surface area (Å²) in [5.74, 6) is 0.855. The first kappa shape index (κ1) is 12.3. The number of hydrogen-bond acceptors (Lipinski definition) is 2. The first-order chi connectivity index (χ1) is 7.06. The van der Waals surface area contributed by atoms with Gasteiger partial charge in [0.05, 0.1) is 6.61 Å². The van der Waals surface area contributed by atoms with Crippen LogP contribution in [0.4, 0.5) is 0 Å². The average molecular weight is 228 g/mol. The predicted octanol–water partition coefficient (Wildman–Crippen LogP) is 3.46. The lowest BCUT2D eigenvalue weighted by Crippen LogP contribution is -2.09. The van der Waals surface area contributed by atoms with Gasteiger partial charge in [0.25, 0.3) is 0 Å². The Kier molecular flexibility index (Phi) is 4.43. The third-order valence-electron chi connectivity index (χ3n) is 2.24. The van der Waals surface area contributed by atoms with Crippen molar-refractivity contribution in [3.63, 3.8) is 0 Å². The molecule has 0 spiro atoms. The summed E-state index contributed by atoms with van der Waals surface area (Å²) < 4.78 is 5.64. The van der Waals surface area contributed by atoms with Gasteiger partial charge in [0.15, 0.2) is 0 Å². The van der Waals surface area contributed by atoms with Crippen LogP contribution in [0.15, 0.2) is 12.1 Å². The van der Waals surface area contributed by atoms with Crippen LogP contribution < -0.4 is 10.5 Å². The molecule has 0 aromatic heterocycles. The summed E-state index contributed by atoms with van der Waals surface area (Å²) in [5.41, 5.74) is 7.86. The summed E-state index contributed by atoms with van der Waals surface area (Å²) in [6.07, 6.45) is 0.986. The Labute approximate surface area is 96.4 Å². The fourth-order valence-electron chi connectivity index (χ4n) is 1.36. The Morgan fingerprint density at radius 1 is 1.47 bits per heavy atom. The molecule has 0 saturated carbocycles. The average Bonchev–Trinajstić information content (AvgIpc) is 2.19. The molecule has 3 heteroatoms. The number of rotatable bonds is 4. The van der Waals surface area contributed by atoms with E-state index in [-0.39, 0.29) is 6.04 Å². The Hall–Kier alpha value is -0.730. The molecule has 0 aliphatic carbocycles. The molecule has 1 aromatic rings. The molecule has 0 saturated heterocycles. The molecular formula is C12H18ClNO. The van der Waals surface area contributed by atoms with Crippen molar-refractivity contribution < 1.29 is 4.74 Å². The monoisotopic (exact) mass is 227 g/mol. The molecule has 0 radical (unpaired) electrons. The summed E-state index contributed by atoms with van der Waals surface area (Å²) >= 11 is 6.05. The molecule has 1 unspecified atom stereocenters. The van der Waals surface area contributed by atoms with E-state index in [1.807, 2.05) is 26.0 Å². The maximum Gasteiger partial charge on any atom is 0.124 e. The molecule has 84 valence electrons. The zero-order chi connectivity index (χ0) is 11.4. The fraction of sp³-hybridized carbons (Fsp3) is 0.500. The number of hydrogen-bond donors (Lipinski definition) is 1. The molecule has 0 amide bonds. The maximum absolute atomic E-state index is 6.05. The van der Waals surface area contributed by atoms with E-state index < -0.39 is 0 Å². The quantitative estimate of drug-likeness (QED) is 0.855. The van der Waals surface area contributed by atoms with Gasteiger partial charge in [-0.3, -0.25) is 0 Å². The second kappa shape index (κ2) is 5.38. The van der Waals surface area contributed by atoms with Crippen LogP contribution in [-0.2, 0) is 0 Å². The van der Waals surface area contributed by atoms with E-state index in [4.69, 9.17) is 22.1 Å². The van der Waals surface area contributed by atoms with Gasteiger partial charge in [-0.05, 0) is 38.0 Å². The molecule has 0 aliphatic heterocycles. The van der Waals surface area contributed by atoms with Crippen molar-refractivity contribution >= 4 is 11.6 Å². The van der Waals surface area contributed by atoms with Crippen LogP contribution >= 0.6 is 11.6 Å². The van der Waals surface area contributed by atoms with Crippen molar-refractivity contribution in [1.82, 2.24) is 0 Å². The van der Waals surface area contributed by atoms with Crippen molar-refractivity contribution in [2.45, 2.75) is 33.2 Å². The van der Waals surface area contributed by atoms with E-state index >= 15 is 0 Å². The molecule has 0 aliphatic rings. The summed E-state index contributed by atoms with van der Waals surface area (Å²) in [6, 6.07) is 3.79. The standard InChI is InChI=1S/C12H18ClNO/c1-4-5-15-12-6-8(2)11(13)7-10(12)9(3)14/h6-7,9H,4-5,14H2,1-3H3. The smallest absolute Gasteiger partial charge is 0.124 e. The summed E-state index contributed by atoms with van der Waals surface area (Å²) in [4.78, 5) is 0. The van der Waals surface area contributed by atoms with Crippen LogP contribution in [0.25, 0.3) is 0 Å². The second-order valence-corrected chi connectivity index (χ2v) is 4.18. The highest BCUT2D eigenvalue weighted by molar-refractivity contribution is 6.31. The molecule has 0 bridgehead atoms. The molecule has 1 rings (SSSR count). The minimum absolute atomic E-state index is 0.0602. The van der Waals surface area contributed by atoms with Gasteiger partial charge >= 0.3 is 0 Å². The number of ether oxygens (including phenoxy) is 1. The summed E-state index contributed by atoms with van der Waals surface area (Å²) in [7, 11) is 0. The Morgan fingerprint density at radius 2 is 2.13 bits per heavy atom. The first-order valence-electron chi connectivity index (χ1n) is 5.24. The molecule has 2 nitrogen and oxygen atoms in total.